The lowest BCUT2D eigenvalue weighted by atomic mass is 9.84. The molecule has 156 valence electrons. The first kappa shape index (κ1) is 21.5. The Hall–Kier alpha value is -2.23. The van der Waals surface area contributed by atoms with Crippen molar-refractivity contribution >= 4 is 5.97 Å². The number of hydrogen-bond acceptors (Lipinski definition) is 4. The molecule has 0 spiro atoms. The minimum Gasteiger partial charge on any atom is -0.427 e. The van der Waals surface area contributed by atoms with Crippen LogP contribution in [0.3, 0.4) is 0 Å². The first-order valence-electron chi connectivity index (χ1n) is 11.4. The maximum Gasteiger partial charge on any atom is 0.310 e. The van der Waals surface area contributed by atoms with E-state index in [1.807, 2.05) is 30.5 Å². The van der Waals surface area contributed by atoms with Crippen LogP contribution in [0.5, 0.6) is 5.75 Å². The number of rotatable bonds is 10. The van der Waals surface area contributed by atoms with Crippen molar-refractivity contribution in [2.45, 2.75) is 84.5 Å². The average Bonchev–Trinajstić information content (AvgIpc) is 2.76. The third kappa shape index (κ3) is 6.38. The van der Waals surface area contributed by atoms with E-state index in [0.29, 0.717) is 12.2 Å². The van der Waals surface area contributed by atoms with Crippen molar-refractivity contribution in [3.63, 3.8) is 0 Å². The van der Waals surface area contributed by atoms with Crippen molar-refractivity contribution in [3.8, 4) is 17.1 Å². The van der Waals surface area contributed by atoms with E-state index in [9.17, 15) is 4.79 Å². The SMILES string of the molecule is CCCCCCCCC1CCc2nc(-c3ccc(OC(=O)CC)cc3)ncc2C1. The van der Waals surface area contributed by atoms with E-state index in [1.54, 1.807) is 6.92 Å². The summed E-state index contributed by atoms with van der Waals surface area (Å²) in [6, 6.07) is 7.46. The molecule has 1 atom stereocenters. The Bertz CT molecular complexity index is 786. The second kappa shape index (κ2) is 11.1. The van der Waals surface area contributed by atoms with Crippen molar-refractivity contribution in [3.05, 3.63) is 41.7 Å². The number of carbonyl (C=O) groups is 1. The zero-order valence-electron chi connectivity index (χ0n) is 18.0. The predicted octanol–water partition coefficient (Wildman–Crippen LogP) is 6.31. The third-order valence-corrected chi connectivity index (χ3v) is 5.85. The highest BCUT2D eigenvalue weighted by Crippen LogP contribution is 2.29. The summed E-state index contributed by atoms with van der Waals surface area (Å²) < 4.78 is 5.24. The first-order chi connectivity index (χ1) is 14.2. The first-order valence-corrected chi connectivity index (χ1v) is 11.4. The molecule has 0 N–H and O–H groups in total. The molecule has 1 heterocycles. The van der Waals surface area contributed by atoms with Crippen molar-refractivity contribution in [1.82, 2.24) is 9.97 Å². The topological polar surface area (TPSA) is 52.1 Å². The molecular weight excluding hydrogens is 360 g/mol. The van der Waals surface area contributed by atoms with Gasteiger partial charge < -0.3 is 4.74 Å². The van der Waals surface area contributed by atoms with Gasteiger partial charge in [-0.2, -0.15) is 0 Å². The zero-order chi connectivity index (χ0) is 20.5. The van der Waals surface area contributed by atoms with Crippen LogP contribution in [0.4, 0.5) is 0 Å². The van der Waals surface area contributed by atoms with E-state index in [1.165, 1.54) is 62.6 Å². The molecule has 0 saturated carbocycles. The van der Waals surface area contributed by atoms with Gasteiger partial charge in [0.05, 0.1) is 0 Å². The molecule has 4 heteroatoms. The number of nitrogens with zero attached hydrogens (tertiary/aromatic N) is 2. The molecular formula is C25H34N2O2. The number of benzene rings is 1. The number of carbonyl (C=O) groups excluding carboxylic acids is 1. The molecule has 3 rings (SSSR count). The number of hydrogen-bond donors (Lipinski definition) is 0. The fraction of sp³-hybridized carbons (Fsp3) is 0.560. The standard InChI is InChI=1S/C25H34N2O2/c1-3-5-6-7-8-9-10-19-11-16-23-21(17-19)18-26-25(27-23)20-12-14-22(15-13-20)29-24(28)4-2/h12-15,18-19H,3-11,16-17H2,1-2H3. The Balaban J connectivity index is 1.54. The summed E-state index contributed by atoms with van der Waals surface area (Å²) in [6.07, 6.45) is 15.4. The minimum absolute atomic E-state index is 0.224. The summed E-state index contributed by atoms with van der Waals surface area (Å²) in [5, 5.41) is 0. The van der Waals surface area contributed by atoms with Crippen molar-refractivity contribution in [1.29, 1.82) is 0 Å². The molecule has 0 fully saturated rings. The number of aromatic nitrogens is 2. The normalized spacial score (nSPS) is 15.7. The summed E-state index contributed by atoms with van der Waals surface area (Å²) in [6.45, 7) is 4.06. The van der Waals surface area contributed by atoms with Crippen LogP contribution >= 0.6 is 0 Å². The molecule has 1 aromatic heterocycles. The summed E-state index contributed by atoms with van der Waals surface area (Å²) >= 11 is 0. The van der Waals surface area contributed by atoms with Crippen molar-refractivity contribution in [2.24, 2.45) is 5.92 Å². The molecule has 0 amide bonds. The van der Waals surface area contributed by atoms with E-state index in [2.05, 4.69) is 11.9 Å². The molecule has 1 aliphatic carbocycles. The molecule has 0 aliphatic heterocycles. The number of esters is 1. The van der Waals surface area contributed by atoms with Gasteiger partial charge in [-0.1, -0.05) is 58.8 Å². The van der Waals surface area contributed by atoms with Crippen LogP contribution in [-0.2, 0) is 17.6 Å². The Morgan fingerprint density at radius 2 is 1.83 bits per heavy atom. The van der Waals surface area contributed by atoms with E-state index >= 15 is 0 Å². The van der Waals surface area contributed by atoms with E-state index in [4.69, 9.17) is 9.72 Å². The lowest BCUT2D eigenvalue weighted by molar-refractivity contribution is -0.134. The lowest BCUT2D eigenvalue weighted by Crippen LogP contribution is -2.16. The van der Waals surface area contributed by atoms with Gasteiger partial charge in [-0.3, -0.25) is 4.79 Å². The highest BCUT2D eigenvalue weighted by atomic mass is 16.5. The number of unbranched alkanes of at least 4 members (excludes halogenated alkanes) is 5. The second-order valence-corrected chi connectivity index (χ2v) is 8.18. The quantitative estimate of drug-likeness (QED) is 0.269. The number of ether oxygens (including phenoxy) is 1. The Kier molecular flexibility index (Phi) is 8.21. The minimum atomic E-state index is -0.224. The molecule has 0 saturated heterocycles. The number of aryl methyl sites for hydroxylation is 1. The summed E-state index contributed by atoms with van der Waals surface area (Å²) in [5.41, 5.74) is 3.48. The van der Waals surface area contributed by atoms with E-state index in [0.717, 1.165) is 30.1 Å². The summed E-state index contributed by atoms with van der Waals surface area (Å²) in [4.78, 5) is 20.9. The van der Waals surface area contributed by atoms with Crippen molar-refractivity contribution < 1.29 is 9.53 Å². The Morgan fingerprint density at radius 1 is 1.07 bits per heavy atom. The van der Waals surface area contributed by atoms with Gasteiger partial charge in [0.25, 0.3) is 0 Å². The smallest absolute Gasteiger partial charge is 0.310 e. The van der Waals surface area contributed by atoms with Gasteiger partial charge in [-0.15, -0.1) is 0 Å². The van der Waals surface area contributed by atoms with Gasteiger partial charge in [0.1, 0.15) is 5.75 Å². The van der Waals surface area contributed by atoms with Gasteiger partial charge >= 0.3 is 5.97 Å². The molecule has 4 nitrogen and oxygen atoms in total. The van der Waals surface area contributed by atoms with Crippen LogP contribution in [0.15, 0.2) is 30.5 Å². The fourth-order valence-electron chi connectivity index (χ4n) is 4.06. The molecule has 1 aromatic carbocycles. The Labute approximate surface area is 175 Å². The molecule has 2 aromatic rings. The van der Waals surface area contributed by atoms with Gasteiger partial charge in [-0.25, -0.2) is 9.97 Å². The lowest BCUT2D eigenvalue weighted by Gasteiger charge is -2.24. The van der Waals surface area contributed by atoms with Crippen LogP contribution in [-0.4, -0.2) is 15.9 Å². The second-order valence-electron chi connectivity index (χ2n) is 8.18. The van der Waals surface area contributed by atoms with Crippen LogP contribution in [0.2, 0.25) is 0 Å². The maximum atomic E-state index is 11.4. The molecule has 0 bridgehead atoms. The van der Waals surface area contributed by atoms with Crippen molar-refractivity contribution in [2.75, 3.05) is 0 Å². The monoisotopic (exact) mass is 394 g/mol. The predicted molar refractivity (Wildman–Crippen MR) is 117 cm³/mol. The van der Waals surface area contributed by atoms with Gasteiger partial charge in [-0.05, 0) is 55.0 Å². The zero-order valence-corrected chi connectivity index (χ0v) is 18.0. The molecule has 0 radical (unpaired) electrons. The largest absolute Gasteiger partial charge is 0.427 e. The molecule has 1 unspecified atom stereocenters. The van der Waals surface area contributed by atoms with Gasteiger partial charge in [0.2, 0.25) is 0 Å². The van der Waals surface area contributed by atoms with Crippen LogP contribution in [0.1, 0.15) is 82.9 Å². The fourth-order valence-corrected chi connectivity index (χ4v) is 4.06. The Morgan fingerprint density at radius 3 is 2.59 bits per heavy atom. The van der Waals surface area contributed by atoms with Gasteiger partial charge in [0.15, 0.2) is 5.82 Å². The van der Waals surface area contributed by atoms with Crippen LogP contribution < -0.4 is 4.74 Å². The van der Waals surface area contributed by atoms with Crippen LogP contribution in [0.25, 0.3) is 11.4 Å². The highest BCUT2D eigenvalue weighted by molar-refractivity contribution is 5.72. The van der Waals surface area contributed by atoms with E-state index < -0.39 is 0 Å². The summed E-state index contributed by atoms with van der Waals surface area (Å²) in [7, 11) is 0. The highest BCUT2D eigenvalue weighted by Gasteiger charge is 2.20. The van der Waals surface area contributed by atoms with Crippen LogP contribution in [0, 0.1) is 5.92 Å². The average molecular weight is 395 g/mol. The third-order valence-electron chi connectivity index (χ3n) is 5.85. The number of fused-ring (bicyclic) bond motifs is 1. The van der Waals surface area contributed by atoms with E-state index in [-0.39, 0.29) is 5.97 Å². The molecule has 29 heavy (non-hydrogen) atoms. The maximum absolute atomic E-state index is 11.4. The van der Waals surface area contributed by atoms with Gasteiger partial charge in [0, 0.05) is 23.9 Å². The summed E-state index contributed by atoms with van der Waals surface area (Å²) in [5.74, 6) is 1.89. The molecule has 1 aliphatic rings.